The molecule has 0 radical (unpaired) electrons. The number of anilines is 2. The highest BCUT2D eigenvalue weighted by atomic mass is 31.1. The van der Waals surface area contributed by atoms with Crippen LogP contribution in [0.2, 0.25) is 0 Å². The number of ether oxygens (including phenoxy) is 8. The monoisotopic (exact) mass is 1360 g/mol. The van der Waals surface area contributed by atoms with Crippen molar-refractivity contribution in [2.24, 2.45) is 0 Å². The minimum absolute atomic E-state index is 0.0396. The number of carbonyl (C=O) groups excluding carboxylic acids is 2. The average Bonchev–Trinajstić information content (AvgIpc) is 1.11. The molecule has 0 saturated carbocycles. The quantitative estimate of drug-likeness (QED) is 0.0377. The van der Waals surface area contributed by atoms with E-state index in [2.05, 4.69) is 30.6 Å². The van der Waals surface area contributed by atoms with E-state index in [1.54, 1.807) is 86.1 Å². The summed E-state index contributed by atoms with van der Waals surface area (Å²) in [6.45, 7) is -0.0793. The van der Waals surface area contributed by atoms with Crippen molar-refractivity contribution in [1.82, 2.24) is 39.0 Å². The summed E-state index contributed by atoms with van der Waals surface area (Å²) in [4.78, 5) is 54.9. The van der Waals surface area contributed by atoms with Crippen LogP contribution >= 0.6 is 8.25 Å². The lowest BCUT2D eigenvalue weighted by Crippen LogP contribution is -2.35. The number of nitrogens with zero attached hydrogens (tertiary/aromatic N) is 8. The molecule has 0 spiro atoms. The number of nitrogens with one attached hydrogen (secondary N) is 2. The first kappa shape index (κ1) is 66.1. The van der Waals surface area contributed by atoms with Crippen molar-refractivity contribution in [3.05, 3.63) is 288 Å². The van der Waals surface area contributed by atoms with E-state index in [1.165, 1.54) is 25.3 Å². The molecule has 0 aliphatic carbocycles. The zero-order valence-electron chi connectivity index (χ0n) is 54.7. The maximum absolute atomic E-state index is 15.4. The molecule has 0 unspecified atom stereocenters. The molecule has 100 heavy (non-hydrogen) atoms. The molecule has 2 fully saturated rings. The second-order valence-electron chi connectivity index (χ2n) is 23.6. The van der Waals surface area contributed by atoms with Crippen LogP contribution in [0.25, 0.3) is 22.3 Å². The van der Waals surface area contributed by atoms with Crippen LogP contribution in [0.15, 0.2) is 244 Å². The van der Waals surface area contributed by atoms with Gasteiger partial charge in [-0.05, 0) is 106 Å². The van der Waals surface area contributed by atoms with Gasteiger partial charge in [0.1, 0.15) is 46.9 Å². The molecule has 2 aliphatic heterocycles. The smallest absolute Gasteiger partial charge is 0.497 e. The van der Waals surface area contributed by atoms with Gasteiger partial charge in [-0.1, -0.05) is 146 Å². The summed E-state index contributed by atoms with van der Waals surface area (Å²) in [5.74, 6) is 2.11. The predicted molar refractivity (Wildman–Crippen MR) is 370 cm³/mol. The predicted octanol–water partition coefficient (Wildman–Crippen LogP) is 13.2. The van der Waals surface area contributed by atoms with Crippen molar-refractivity contribution in [1.29, 1.82) is 0 Å². The summed E-state index contributed by atoms with van der Waals surface area (Å²) < 4.78 is 83.6. The maximum atomic E-state index is 15.4. The number of rotatable bonds is 26. The molecule has 8 aromatic carbocycles. The van der Waals surface area contributed by atoms with E-state index in [0.29, 0.717) is 34.1 Å². The van der Waals surface area contributed by atoms with E-state index >= 15 is 4.57 Å². The molecule has 24 heteroatoms. The number of imidazole rings is 2. The Morgan fingerprint density at radius 3 is 1.06 bits per heavy atom. The third-order valence-electron chi connectivity index (χ3n) is 17.9. The Hall–Kier alpha value is -11.1. The van der Waals surface area contributed by atoms with Gasteiger partial charge in [0, 0.05) is 28.5 Å². The Morgan fingerprint density at radius 1 is 0.430 bits per heavy atom. The number of methoxy groups -OCH3 is 4. The molecular weight excluding hydrogens is 1290 g/mol. The number of carbonyl (C=O) groups is 2. The second kappa shape index (κ2) is 29.5. The van der Waals surface area contributed by atoms with Crippen molar-refractivity contribution >= 4 is 54.0 Å². The van der Waals surface area contributed by atoms with E-state index in [-0.39, 0.29) is 60.0 Å². The van der Waals surface area contributed by atoms with E-state index in [4.69, 9.17) is 56.9 Å². The SMILES string of the molecule is COc1ccc(C(OC[C@@H]2C[C@@H](O[P+](=O)O[C@@H]3C[C@@H](COC(c4ccccc4)(c4ccc(OC)cc4)c4ccc(OC)cc4)O[C@H]3n3cnc4c(NC(=O)c5ccccc5)ncnc43)[C@H](n3cnc4c(NC(=O)c5ccccc5)ncnc43)O2)(c2ccccc2)c2ccc(OC)cc2)cc1. The Labute approximate surface area is 575 Å². The Kier molecular flexibility index (Phi) is 19.5. The van der Waals surface area contributed by atoms with Crippen LogP contribution in [0.3, 0.4) is 0 Å². The first-order valence-corrected chi connectivity index (χ1v) is 33.3. The van der Waals surface area contributed by atoms with Gasteiger partial charge in [-0.3, -0.25) is 18.7 Å². The number of aromatic nitrogens is 8. The van der Waals surface area contributed by atoms with Gasteiger partial charge >= 0.3 is 8.25 Å². The largest absolute Gasteiger partial charge is 0.698 e. The number of benzene rings is 8. The van der Waals surface area contributed by atoms with Gasteiger partial charge in [0.25, 0.3) is 11.8 Å². The minimum atomic E-state index is -3.11. The van der Waals surface area contributed by atoms with Crippen molar-refractivity contribution in [3.63, 3.8) is 0 Å². The number of fused-ring (bicyclic) bond motifs is 2. The van der Waals surface area contributed by atoms with E-state index in [0.717, 1.165) is 33.4 Å². The van der Waals surface area contributed by atoms with Gasteiger partial charge in [0.15, 0.2) is 58.6 Å². The summed E-state index contributed by atoms with van der Waals surface area (Å²) >= 11 is 0. The van der Waals surface area contributed by atoms with Gasteiger partial charge in [0.05, 0.1) is 66.5 Å². The Morgan fingerprint density at radius 2 is 0.740 bits per heavy atom. The van der Waals surface area contributed by atoms with Crippen molar-refractivity contribution < 1.29 is 61.1 Å². The maximum Gasteiger partial charge on any atom is 0.698 e. The molecule has 14 rings (SSSR count). The molecule has 2 saturated heterocycles. The second-order valence-corrected chi connectivity index (χ2v) is 24.5. The zero-order chi connectivity index (χ0) is 68.6. The molecule has 6 atom stereocenters. The highest BCUT2D eigenvalue weighted by Crippen LogP contribution is 2.49. The molecular formula is C76H68N10O13P+. The first-order chi connectivity index (χ1) is 49.0. The average molecular weight is 1360 g/mol. The van der Waals surface area contributed by atoms with E-state index in [9.17, 15) is 9.59 Å². The minimum Gasteiger partial charge on any atom is -0.497 e. The van der Waals surface area contributed by atoms with Gasteiger partial charge in [-0.2, -0.15) is 0 Å². The molecule has 6 heterocycles. The molecule has 504 valence electrons. The highest BCUT2D eigenvalue weighted by Gasteiger charge is 2.51. The lowest BCUT2D eigenvalue weighted by molar-refractivity contribution is -0.0869. The van der Waals surface area contributed by atoms with Gasteiger partial charge < -0.3 is 48.5 Å². The Balaban J connectivity index is 0.815. The lowest BCUT2D eigenvalue weighted by atomic mass is 9.80. The molecule has 4 aromatic heterocycles. The molecule has 0 bridgehead atoms. The zero-order valence-corrected chi connectivity index (χ0v) is 55.6. The standard InChI is InChI=1S/C76H67N10O13P/c1-90-57-33-25-53(26-34-57)75(51-21-13-7-14-22-51,54-27-35-58(91-2)36-28-54)94-43-61-41-63(73(96-61)85-47-81-65-67(77-45-79-69(65)85)83-71(87)49-17-9-5-10-18-49)98-100(89)99-64-42-62(97-74(64)86-48-82-66-68(78-46-80-70(66)86)84-72(88)50-19-11-6-12-20-50)44-95-76(52-23-15-8-16-24-52,55-29-37-59(92-3)38-30-55)56-31-39-60(93-4)40-32-56/h5-40,45-48,61-64,73-74H,41-44H2,1-4H3,(H-,77,78,79,80,83,84,87,88)/p+1/t61-,62-,63+,64+,73+,74+/m0/s1. The summed E-state index contributed by atoms with van der Waals surface area (Å²) in [7, 11) is 3.35. The van der Waals surface area contributed by atoms with E-state index < -0.39 is 68.1 Å². The van der Waals surface area contributed by atoms with Crippen LogP contribution in [0.4, 0.5) is 11.6 Å². The molecule has 23 nitrogen and oxygen atoms in total. The molecule has 2 amide bonds. The van der Waals surface area contributed by atoms with E-state index in [1.807, 2.05) is 170 Å². The van der Waals surface area contributed by atoms with Gasteiger partial charge in [-0.25, -0.2) is 29.9 Å². The third kappa shape index (κ3) is 13.4. The van der Waals surface area contributed by atoms with Crippen LogP contribution in [-0.2, 0) is 43.8 Å². The van der Waals surface area contributed by atoms with Crippen LogP contribution in [-0.4, -0.2) is 117 Å². The fraction of sp³-hybridized carbons (Fsp3) is 0.211. The van der Waals surface area contributed by atoms with Gasteiger partial charge in [0.2, 0.25) is 0 Å². The van der Waals surface area contributed by atoms with Crippen molar-refractivity contribution in [2.45, 2.75) is 60.9 Å². The van der Waals surface area contributed by atoms with Crippen LogP contribution in [0, 0.1) is 0 Å². The summed E-state index contributed by atoms with van der Waals surface area (Å²) in [6.07, 6.45) is 0.104. The van der Waals surface area contributed by atoms with Crippen molar-refractivity contribution in [2.75, 3.05) is 52.3 Å². The topological polar surface area (TPSA) is 255 Å². The first-order valence-electron chi connectivity index (χ1n) is 32.2. The van der Waals surface area contributed by atoms with Crippen LogP contribution in [0.1, 0.15) is 79.4 Å². The van der Waals surface area contributed by atoms with Crippen LogP contribution in [0.5, 0.6) is 23.0 Å². The van der Waals surface area contributed by atoms with Crippen LogP contribution < -0.4 is 29.6 Å². The molecule has 2 N–H and O–H groups in total. The summed E-state index contributed by atoms with van der Waals surface area (Å²) in [6, 6.07) is 68.0. The fourth-order valence-corrected chi connectivity index (χ4v) is 13.8. The van der Waals surface area contributed by atoms with Crippen molar-refractivity contribution in [3.8, 4) is 23.0 Å². The lowest BCUT2D eigenvalue weighted by Gasteiger charge is -2.37. The Bertz CT molecular complexity index is 4400. The number of amides is 2. The van der Waals surface area contributed by atoms with Gasteiger partial charge in [-0.15, -0.1) is 9.05 Å². The summed E-state index contributed by atoms with van der Waals surface area (Å²) in [5, 5.41) is 5.78. The normalized spacial score (nSPS) is 17.6. The number of hydrogen-bond donors (Lipinski definition) is 2. The third-order valence-corrected chi connectivity index (χ3v) is 18.7. The molecule has 2 aliphatic rings. The molecule has 12 aromatic rings. The highest BCUT2D eigenvalue weighted by molar-refractivity contribution is 7.33. The summed E-state index contributed by atoms with van der Waals surface area (Å²) in [5.41, 5.74) is 4.20. The fourth-order valence-electron chi connectivity index (χ4n) is 13.0. The number of hydrogen-bond acceptors (Lipinski definition) is 19.